The van der Waals surface area contributed by atoms with Gasteiger partial charge in [-0.3, -0.25) is 9.59 Å². The average molecular weight is 421 g/mol. The van der Waals surface area contributed by atoms with Gasteiger partial charge in [-0.15, -0.1) is 0 Å². The van der Waals surface area contributed by atoms with Gasteiger partial charge in [0.2, 0.25) is 11.6 Å². The number of phenolic OH excluding ortho intramolecular Hbond substituents is 1. The molecule has 2 aromatic heterocycles. The number of carbonyl (C=O) groups is 2. The second-order valence-corrected chi connectivity index (χ2v) is 8.62. The van der Waals surface area contributed by atoms with E-state index in [4.69, 9.17) is 0 Å². The molecule has 0 bridgehead atoms. The lowest BCUT2D eigenvalue weighted by molar-refractivity contribution is -0.110. The maximum atomic E-state index is 13.1. The highest BCUT2D eigenvalue weighted by Gasteiger charge is 2.32. The number of nitrogens with zero attached hydrogens (tertiary/aromatic N) is 2. The lowest BCUT2D eigenvalue weighted by Gasteiger charge is -2.15. The number of hydrogen-bond donors (Lipinski definition) is 3. The van der Waals surface area contributed by atoms with E-state index in [9.17, 15) is 14.7 Å². The highest BCUT2D eigenvalue weighted by molar-refractivity contribution is 6.62. The monoisotopic (exact) mass is 420 g/mol. The van der Waals surface area contributed by atoms with E-state index in [2.05, 4.69) is 14.9 Å². The van der Waals surface area contributed by atoms with Crippen LogP contribution in [0.25, 0.3) is 22.6 Å². The first-order valence-electron chi connectivity index (χ1n) is 10.4. The molecule has 0 amide bonds. The Morgan fingerprint density at radius 2 is 1.52 bits per heavy atom. The van der Waals surface area contributed by atoms with Crippen molar-refractivity contribution in [3.8, 4) is 5.75 Å². The number of aromatic hydroxyl groups is 1. The predicted molar refractivity (Wildman–Crippen MR) is 122 cm³/mol. The molecule has 0 radical (unpaired) electrons. The second kappa shape index (κ2) is 8.17. The summed E-state index contributed by atoms with van der Waals surface area (Å²) >= 11 is 0. The number of likely N-dealkylation sites (N-methyl/N-ethyl adjacent to an activating group) is 2. The molecule has 2 heterocycles. The van der Waals surface area contributed by atoms with Crippen LogP contribution in [-0.2, 0) is 17.6 Å². The van der Waals surface area contributed by atoms with Crippen LogP contribution >= 0.6 is 0 Å². The van der Waals surface area contributed by atoms with E-state index in [0.717, 1.165) is 30.6 Å². The highest BCUT2D eigenvalue weighted by atomic mass is 16.3. The summed E-state index contributed by atoms with van der Waals surface area (Å²) in [6.07, 6.45) is 6.89. The standard InChI is InChI=1S/C24H28N4O3/c1-27(2)9-7-14-12-25-18-11-17(23(30)24(31)20(14)18)16-5-6-19(29)21-15(8-10-28(3)4)13-26-22(16)21/h5-6,11-13,25-26,29H,7-10H2,1-4H3. The molecular weight excluding hydrogens is 392 g/mol. The van der Waals surface area contributed by atoms with Crippen molar-refractivity contribution in [1.29, 1.82) is 0 Å². The van der Waals surface area contributed by atoms with E-state index < -0.39 is 11.6 Å². The Bertz CT molecular complexity index is 1200. The molecule has 31 heavy (non-hydrogen) atoms. The quantitative estimate of drug-likeness (QED) is 0.511. The fourth-order valence-corrected chi connectivity index (χ4v) is 4.11. The number of aromatic nitrogens is 2. The van der Waals surface area contributed by atoms with Gasteiger partial charge in [-0.05, 0) is 70.4 Å². The van der Waals surface area contributed by atoms with Gasteiger partial charge in [0.15, 0.2) is 0 Å². The molecule has 0 spiro atoms. The second-order valence-electron chi connectivity index (χ2n) is 8.62. The van der Waals surface area contributed by atoms with E-state index >= 15 is 0 Å². The van der Waals surface area contributed by atoms with Gasteiger partial charge in [0, 0.05) is 42.0 Å². The minimum Gasteiger partial charge on any atom is -0.507 e. The Morgan fingerprint density at radius 3 is 2.19 bits per heavy atom. The summed E-state index contributed by atoms with van der Waals surface area (Å²) in [4.78, 5) is 36.6. The van der Waals surface area contributed by atoms with Crippen molar-refractivity contribution >= 4 is 34.1 Å². The summed E-state index contributed by atoms with van der Waals surface area (Å²) in [7, 11) is 7.95. The van der Waals surface area contributed by atoms with Gasteiger partial charge in [-0.25, -0.2) is 0 Å². The molecule has 0 unspecified atom stereocenters. The lowest BCUT2D eigenvalue weighted by atomic mass is 9.87. The molecule has 0 fully saturated rings. The van der Waals surface area contributed by atoms with Gasteiger partial charge in [0.1, 0.15) is 5.75 Å². The first-order valence-corrected chi connectivity index (χ1v) is 10.4. The molecule has 0 saturated carbocycles. The zero-order valence-electron chi connectivity index (χ0n) is 18.4. The molecule has 1 aliphatic rings. The number of rotatable bonds is 7. The van der Waals surface area contributed by atoms with Crippen molar-refractivity contribution in [3.63, 3.8) is 0 Å². The van der Waals surface area contributed by atoms with Crippen LogP contribution in [0.15, 0.2) is 24.5 Å². The zero-order chi connectivity index (χ0) is 22.3. The highest BCUT2D eigenvalue weighted by Crippen LogP contribution is 2.37. The SMILES string of the molecule is CN(C)CCc1c[nH]c2c1C(=O)C(=O)C(c1ccc(O)c3c(CCN(C)C)c[nH]c13)=C2. The number of ketones is 2. The van der Waals surface area contributed by atoms with E-state index in [0.29, 0.717) is 39.7 Å². The number of fused-ring (bicyclic) bond motifs is 2. The summed E-state index contributed by atoms with van der Waals surface area (Å²) in [6, 6.07) is 3.29. The van der Waals surface area contributed by atoms with E-state index in [1.165, 1.54) is 0 Å². The molecule has 7 heteroatoms. The van der Waals surface area contributed by atoms with Crippen LogP contribution in [0.4, 0.5) is 0 Å². The Hall–Kier alpha value is -3.16. The molecule has 0 saturated heterocycles. The Labute approximate surface area is 181 Å². The summed E-state index contributed by atoms with van der Waals surface area (Å²) in [5.74, 6) is -0.840. The van der Waals surface area contributed by atoms with Crippen molar-refractivity contribution in [2.75, 3.05) is 41.3 Å². The third-order valence-electron chi connectivity index (χ3n) is 5.80. The van der Waals surface area contributed by atoms with E-state index in [1.54, 1.807) is 18.2 Å². The minimum atomic E-state index is -0.519. The molecule has 162 valence electrons. The number of nitrogens with one attached hydrogen (secondary N) is 2. The fourth-order valence-electron chi connectivity index (χ4n) is 4.11. The molecule has 1 aliphatic carbocycles. The number of carbonyl (C=O) groups excluding carboxylic acids is 2. The van der Waals surface area contributed by atoms with Crippen LogP contribution in [0.5, 0.6) is 5.75 Å². The van der Waals surface area contributed by atoms with Gasteiger partial charge in [0.05, 0.1) is 16.8 Å². The molecule has 7 nitrogen and oxygen atoms in total. The Morgan fingerprint density at radius 1 is 0.871 bits per heavy atom. The number of Topliss-reactive ketones (excluding diaryl/α,β-unsaturated/α-hetero) is 2. The number of hydrogen-bond acceptors (Lipinski definition) is 5. The van der Waals surface area contributed by atoms with Crippen molar-refractivity contribution in [2.24, 2.45) is 0 Å². The predicted octanol–water partition coefficient (Wildman–Crippen LogP) is 2.72. The number of H-pyrrole nitrogens is 2. The number of allylic oxidation sites excluding steroid dienone is 1. The normalized spacial score (nSPS) is 14.1. The summed E-state index contributed by atoms with van der Waals surface area (Å²) in [6.45, 7) is 1.62. The van der Waals surface area contributed by atoms with Gasteiger partial charge < -0.3 is 24.9 Å². The third kappa shape index (κ3) is 3.82. The lowest BCUT2D eigenvalue weighted by Crippen LogP contribution is -2.22. The molecule has 3 N–H and O–H groups in total. The first kappa shape index (κ1) is 21.1. The number of benzene rings is 1. The maximum Gasteiger partial charge on any atom is 0.235 e. The van der Waals surface area contributed by atoms with Crippen LogP contribution in [0.3, 0.4) is 0 Å². The molecule has 0 atom stereocenters. The number of phenols is 1. The topological polar surface area (TPSA) is 92.4 Å². The molecule has 0 aliphatic heterocycles. The van der Waals surface area contributed by atoms with E-state index in [1.807, 2.05) is 45.5 Å². The van der Waals surface area contributed by atoms with Gasteiger partial charge in [-0.1, -0.05) is 0 Å². The molecular formula is C24H28N4O3. The van der Waals surface area contributed by atoms with Crippen molar-refractivity contribution < 1.29 is 14.7 Å². The van der Waals surface area contributed by atoms with Crippen LogP contribution in [0, 0.1) is 0 Å². The third-order valence-corrected chi connectivity index (χ3v) is 5.80. The summed E-state index contributed by atoms with van der Waals surface area (Å²) < 4.78 is 0. The minimum absolute atomic E-state index is 0.162. The Kier molecular flexibility index (Phi) is 5.56. The Balaban J connectivity index is 1.78. The maximum absolute atomic E-state index is 13.1. The van der Waals surface area contributed by atoms with Crippen LogP contribution in [0.2, 0.25) is 0 Å². The van der Waals surface area contributed by atoms with Gasteiger partial charge in [-0.2, -0.15) is 0 Å². The van der Waals surface area contributed by atoms with Crippen molar-refractivity contribution in [3.05, 3.63) is 52.5 Å². The molecule has 1 aromatic carbocycles. The number of aromatic amines is 2. The summed E-state index contributed by atoms with van der Waals surface area (Å²) in [5.41, 5.74) is 4.60. The van der Waals surface area contributed by atoms with Crippen LogP contribution in [-0.4, -0.2) is 77.7 Å². The first-order chi connectivity index (χ1) is 14.8. The zero-order valence-corrected chi connectivity index (χ0v) is 18.4. The van der Waals surface area contributed by atoms with Crippen molar-refractivity contribution in [2.45, 2.75) is 12.8 Å². The van der Waals surface area contributed by atoms with Gasteiger partial charge in [0.25, 0.3) is 0 Å². The fraction of sp³-hybridized carbons (Fsp3) is 0.333. The summed E-state index contributed by atoms with van der Waals surface area (Å²) in [5, 5.41) is 11.2. The van der Waals surface area contributed by atoms with E-state index in [-0.39, 0.29) is 5.75 Å². The average Bonchev–Trinajstić information content (AvgIpc) is 3.33. The van der Waals surface area contributed by atoms with Crippen LogP contribution in [0.1, 0.15) is 32.7 Å². The van der Waals surface area contributed by atoms with Crippen molar-refractivity contribution in [1.82, 2.24) is 19.8 Å². The smallest absolute Gasteiger partial charge is 0.235 e. The largest absolute Gasteiger partial charge is 0.507 e. The molecule has 3 aromatic rings. The van der Waals surface area contributed by atoms with Gasteiger partial charge >= 0.3 is 0 Å². The van der Waals surface area contributed by atoms with Crippen LogP contribution < -0.4 is 0 Å². The molecule has 4 rings (SSSR count).